The summed E-state index contributed by atoms with van der Waals surface area (Å²) in [6, 6.07) is 12.9. The van der Waals surface area contributed by atoms with Gasteiger partial charge in [0, 0.05) is 32.2 Å². The van der Waals surface area contributed by atoms with Crippen LogP contribution >= 0.6 is 0 Å². The third-order valence-corrected chi connectivity index (χ3v) is 8.44. The van der Waals surface area contributed by atoms with Crippen LogP contribution in [0.4, 0.5) is 4.79 Å². The van der Waals surface area contributed by atoms with Crippen LogP contribution < -0.4 is 10.6 Å². The highest BCUT2D eigenvalue weighted by Crippen LogP contribution is 2.36. The molecule has 2 N–H and O–H groups in total. The Morgan fingerprint density at radius 1 is 1.05 bits per heavy atom. The summed E-state index contributed by atoms with van der Waals surface area (Å²) in [5.74, 6) is 0.377. The fourth-order valence-electron chi connectivity index (χ4n) is 6.19. The maximum atomic E-state index is 13.5. The second kappa shape index (κ2) is 12.5. The molecule has 1 unspecified atom stereocenters. The summed E-state index contributed by atoms with van der Waals surface area (Å²) in [5.41, 5.74) is 0.387. The van der Waals surface area contributed by atoms with E-state index in [4.69, 9.17) is 4.74 Å². The van der Waals surface area contributed by atoms with Crippen LogP contribution in [0.2, 0.25) is 0 Å². The SMILES string of the molecule is CC(C)(C)CC(NC(=O)N1CCOCC1)C(=O)NC1(C#N)CCN(C2CCC(c3ccccc3)CC2)CC1. The maximum Gasteiger partial charge on any atom is 0.318 e. The number of benzene rings is 1. The van der Waals surface area contributed by atoms with Gasteiger partial charge < -0.3 is 25.2 Å². The number of hydrogen-bond acceptors (Lipinski definition) is 5. The van der Waals surface area contributed by atoms with Gasteiger partial charge in [0.2, 0.25) is 5.91 Å². The minimum absolute atomic E-state index is 0.165. The Bertz CT molecular complexity index is 964. The molecule has 1 aromatic rings. The lowest BCUT2D eigenvalue weighted by Crippen LogP contribution is -2.61. The first-order chi connectivity index (χ1) is 18.2. The molecule has 8 heteroatoms. The third-order valence-electron chi connectivity index (χ3n) is 8.44. The van der Waals surface area contributed by atoms with Gasteiger partial charge in [0.25, 0.3) is 0 Å². The van der Waals surface area contributed by atoms with Crippen LogP contribution in [0, 0.1) is 16.7 Å². The van der Waals surface area contributed by atoms with E-state index in [0.717, 1.165) is 13.1 Å². The summed E-state index contributed by atoms with van der Waals surface area (Å²) >= 11 is 0. The Balaban J connectivity index is 1.32. The molecule has 0 bridgehead atoms. The molecule has 2 heterocycles. The second-order valence-corrected chi connectivity index (χ2v) is 12.5. The van der Waals surface area contributed by atoms with Crippen molar-refractivity contribution in [1.29, 1.82) is 5.26 Å². The number of nitrogens with zero attached hydrogens (tertiary/aromatic N) is 3. The van der Waals surface area contributed by atoms with Gasteiger partial charge in [-0.1, -0.05) is 51.1 Å². The van der Waals surface area contributed by atoms with Crippen molar-refractivity contribution in [3.63, 3.8) is 0 Å². The number of likely N-dealkylation sites (tertiary alicyclic amines) is 1. The molecule has 1 saturated carbocycles. The second-order valence-electron chi connectivity index (χ2n) is 12.5. The lowest BCUT2D eigenvalue weighted by molar-refractivity contribution is -0.125. The van der Waals surface area contributed by atoms with Gasteiger partial charge in [-0.3, -0.25) is 4.79 Å². The van der Waals surface area contributed by atoms with Gasteiger partial charge in [-0.15, -0.1) is 0 Å². The van der Waals surface area contributed by atoms with E-state index in [-0.39, 0.29) is 17.4 Å². The average Bonchev–Trinajstić information content (AvgIpc) is 2.93. The lowest BCUT2D eigenvalue weighted by atomic mass is 9.80. The van der Waals surface area contributed by atoms with Crippen molar-refractivity contribution in [2.24, 2.45) is 5.41 Å². The first kappa shape index (κ1) is 28.4. The van der Waals surface area contributed by atoms with E-state index in [1.54, 1.807) is 4.90 Å². The summed E-state index contributed by atoms with van der Waals surface area (Å²) in [6.45, 7) is 9.81. The smallest absolute Gasteiger partial charge is 0.318 e. The number of piperidine rings is 1. The number of rotatable bonds is 6. The van der Waals surface area contributed by atoms with Crippen LogP contribution in [0.25, 0.3) is 0 Å². The molecule has 3 amide bonds. The van der Waals surface area contributed by atoms with Gasteiger partial charge in [0.15, 0.2) is 0 Å². The van der Waals surface area contributed by atoms with Crippen molar-refractivity contribution < 1.29 is 14.3 Å². The third kappa shape index (κ3) is 7.48. The minimum Gasteiger partial charge on any atom is -0.378 e. The number of hydrogen-bond donors (Lipinski definition) is 2. The Morgan fingerprint density at radius 2 is 1.68 bits per heavy atom. The van der Waals surface area contributed by atoms with Crippen LogP contribution in [0.1, 0.15) is 77.2 Å². The molecule has 1 atom stereocenters. The topological polar surface area (TPSA) is 97.7 Å². The summed E-state index contributed by atoms with van der Waals surface area (Å²) < 4.78 is 5.35. The van der Waals surface area contributed by atoms with Gasteiger partial charge in [-0.05, 0) is 61.8 Å². The molecule has 0 aromatic heterocycles. The summed E-state index contributed by atoms with van der Waals surface area (Å²) in [7, 11) is 0. The largest absolute Gasteiger partial charge is 0.378 e. The maximum absolute atomic E-state index is 13.5. The molecule has 2 saturated heterocycles. The van der Waals surface area contributed by atoms with Crippen LogP contribution in [0.15, 0.2) is 30.3 Å². The zero-order valence-electron chi connectivity index (χ0n) is 23.4. The number of amides is 3. The van der Waals surface area contributed by atoms with Crippen LogP contribution in [-0.4, -0.2) is 78.8 Å². The number of ether oxygens (including phenoxy) is 1. The molecule has 4 rings (SSSR count). The van der Waals surface area contributed by atoms with Gasteiger partial charge in [0.05, 0.1) is 19.3 Å². The predicted octanol–water partition coefficient (Wildman–Crippen LogP) is 4.03. The van der Waals surface area contributed by atoms with Gasteiger partial charge in [0.1, 0.15) is 11.6 Å². The van der Waals surface area contributed by atoms with Crippen LogP contribution in [0.3, 0.4) is 0 Å². The zero-order valence-corrected chi connectivity index (χ0v) is 23.4. The standard InChI is InChI=1S/C30H45N5O3/c1-29(2,3)21-26(32-28(37)35-17-19-38-20-18-35)27(36)33-30(22-31)13-15-34(16-14-30)25-11-9-24(10-12-25)23-7-5-4-6-8-23/h4-8,24-26H,9-21H2,1-3H3,(H,32,37)(H,33,36). The predicted molar refractivity (Wildman–Crippen MR) is 148 cm³/mol. The summed E-state index contributed by atoms with van der Waals surface area (Å²) in [4.78, 5) is 30.6. The molecular weight excluding hydrogens is 478 g/mol. The normalized spacial score (nSPS) is 25.2. The first-order valence-corrected chi connectivity index (χ1v) is 14.3. The molecular formula is C30H45N5O3. The molecule has 8 nitrogen and oxygen atoms in total. The van der Waals surface area contributed by atoms with E-state index >= 15 is 0 Å². The highest BCUT2D eigenvalue weighted by Gasteiger charge is 2.41. The molecule has 3 fully saturated rings. The van der Waals surface area contributed by atoms with E-state index in [0.29, 0.717) is 57.5 Å². The summed E-state index contributed by atoms with van der Waals surface area (Å²) in [5, 5.41) is 16.2. The number of carbonyl (C=O) groups excluding carboxylic acids is 2. The quantitative estimate of drug-likeness (QED) is 0.587. The Morgan fingerprint density at radius 3 is 2.26 bits per heavy atom. The van der Waals surface area contributed by atoms with Crippen molar-refractivity contribution >= 4 is 11.9 Å². The lowest BCUT2D eigenvalue weighted by Gasteiger charge is -2.44. The number of nitrogens with one attached hydrogen (secondary N) is 2. The molecule has 0 spiro atoms. The average molecular weight is 524 g/mol. The monoisotopic (exact) mass is 523 g/mol. The molecule has 0 radical (unpaired) electrons. The fraction of sp³-hybridized carbons (Fsp3) is 0.700. The molecule has 208 valence electrons. The highest BCUT2D eigenvalue weighted by atomic mass is 16.5. The molecule has 1 aliphatic carbocycles. The number of morpholine rings is 1. The molecule has 2 aliphatic heterocycles. The highest BCUT2D eigenvalue weighted by molar-refractivity contribution is 5.88. The Hall–Kier alpha value is -2.63. The fourth-order valence-corrected chi connectivity index (χ4v) is 6.19. The van der Waals surface area contributed by atoms with E-state index in [1.165, 1.54) is 31.2 Å². The van der Waals surface area contributed by atoms with E-state index in [2.05, 4.69) is 72.7 Å². The molecule has 38 heavy (non-hydrogen) atoms. The van der Waals surface area contributed by atoms with Gasteiger partial charge in [-0.2, -0.15) is 5.26 Å². The van der Waals surface area contributed by atoms with Crippen molar-refractivity contribution in [1.82, 2.24) is 20.4 Å². The zero-order chi connectivity index (χ0) is 27.2. The van der Waals surface area contributed by atoms with E-state index in [9.17, 15) is 14.9 Å². The van der Waals surface area contributed by atoms with Gasteiger partial charge in [-0.25, -0.2) is 4.79 Å². The number of urea groups is 1. The van der Waals surface area contributed by atoms with Crippen molar-refractivity contribution in [3.05, 3.63) is 35.9 Å². The van der Waals surface area contributed by atoms with Crippen molar-refractivity contribution in [3.8, 4) is 6.07 Å². The van der Waals surface area contributed by atoms with Crippen molar-refractivity contribution in [2.75, 3.05) is 39.4 Å². The van der Waals surface area contributed by atoms with Crippen molar-refractivity contribution in [2.45, 2.75) is 89.3 Å². The molecule has 1 aromatic carbocycles. The summed E-state index contributed by atoms with van der Waals surface area (Å²) in [6.07, 6.45) is 6.44. The van der Waals surface area contributed by atoms with Crippen LogP contribution in [-0.2, 0) is 9.53 Å². The first-order valence-electron chi connectivity index (χ1n) is 14.3. The Kier molecular flexibility index (Phi) is 9.32. The van der Waals surface area contributed by atoms with Crippen LogP contribution in [0.5, 0.6) is 0 Å². The van der Waals surface area contributed by atoms with E-state index < -0.39 is 11.6 Å². The van der Waals surface area contributed by atoms with E-state index in [1.807, 2.05) is 0 Å². The molecule has 3 aliphatic rings. The van der Waals surface area contributed by atoms with Gasteiger partial charge >= 0.3 is 6.03 Å². The minimum atomic E-state index is -0.894. The number of carbonyl (C=O) groups is 2. The Labute approximate surface area is 228 Å². The number of nitriles is 1.